The second-order valence-electron chi connectivity index (χ2n) is 5.78. The standard InChI is InChI=1S/C20H19N3O6S/c1-26-15-9-5-6-10-16(15)28-11-18-22-23-20(29-18)30-12-17(24)21-14-8-4-3-7-13(14)19(25)27-2/h3-10H,11-12H2,1-2H3,(H,21,24). The van der Waals surface area contributed by atoms with Crippen LogP contribution < -0.4 is 14.8 Å². The van der Waals surface area contributed by atoms with Gasteiger partial charge in [0.25, 0.3) is 11.1 Å². The van der Waals surface area contributed by atoms with E-state index in [0.29, 0.717) is 17.2 Å². The first-order valence-corrected chi connectivity index (χ1v) is 9.77. The Morgan fingerprint density at radius 1 is 1.03 bits per heavy atom. The first-order chi connectivity index (χ1) is 14.6. The van der Waals surface area contributed by atoms with Gasteiger partial charge in [0.2, 0.25) is 5.91 Å². The van der Waals surface area contributed by atoms with Crippen LogP contribution in [0.4, 0.5) is 5.69 Å². The molecule has 0 aliphatic carbocycles. The highest BCUT2D eigenvalue weighted by atomic mass is 32.2. The Hall–Kier alpha value is -3.53. The van der Waals surface area contributed by atoms with Crippen molar-refractivity contribution in [1.29, 1.82) is 0 Å². The molecule has 0 atom stereocenters. The summed E-state index contributed by atoms with van der Waals surface area (Å²) in [7, 11) is 2.83. The van der Waals surface area contributed by atoms with Gasteiger partial charge in [-0.25, -0.2) is 4.79 Å². The van der Waals surface area contributed by atoms with Gasteiger partial charge in [0, 0.05) is 0 Å². The van der Waals surface area contributed by atoms with Gasteiger partial charge in [0.05, 0.1) is 31.2 Å². The molecule has 0 bridgehead atoms. The maximum Gasteiger partial charge on any atom is 0.339 e. The molecule has 1 amide bonds. The van der Waals surface area contributed by atoms with Crippen molar-refractivity contribution in [1.82, 2.24) is 10.2 Å². The summed E-state index contributed by atoms with van der Waals surface area (Å²) >= 11 is 1.07. The molecule has 0 saturated carbocycles. The molecule has 0 spiro atoms. The third-order valence-corrected chi connectivity index (χ3v) is 4.62. The van der Waals surface area contributed by atoms with Gasteiger partial charge in [0.1, 0.15) is 0 Å². The smallest absolute Gasteiger partial charge is 0.339 e. The summed E-state index contributed by atoms with van der Waals surface area (Å²) in [5.41, 5.74) is 0.637. The molecule has 30 heavy (non-hydrogen) atoms. The molecule has 9 nitrogen and oxygen atoms in total. The predicted molar refractivity (Wildman–Crippen MR) is 109 cm³/mol. The zero-order valence-corrected chi connectivity index (χ0v) is 17.1. The van der Waals surface area contributed by atoms with Crippen molar-refractivity contribution in [3.63, 3.8) is 0 Å². The third kappa shape index (κ3) is 5.51. The van der Waals surface area contributed by atoms with Crippen molar-refractivity contribution < 1.29 is 28.2 Å². The summed E-state index contributed by atoms with van der Waals surface area (Å²) in [4.78, 5) is 24.0. The van der Waals surface area contributed by atoms with E-state index in [1.54, 1.807) is 43.5 Å². The zero-order valence-electron chi connectivity index (χ0n) is 16.3. The monoisotopic (exact) mass is 429 g/mol. The van der Waals surface area contributed by atoms with Crippen LogP contribution in [0.15, 0.2) is 58.2 Å². The minimum Gasteiger partial charge on any atom is -0.493 e. The lowest BCUT2D eigenvalue weighted by molar-refractivity contribution is -0.113. The number of ether oxygens (including phenoxy) is 3. The summed E-state index contributed by atoms with van der Waals surface area (Å²) in [6.45, 7) is 0.0621. The minimum atomic E-state index is -0.532. The lowest BCUT2D eigenvalue weighted by atomic mass is 10.2. The van der Waals surface area contributed by atoms with E-state index in [-0.39, 0.29) is 34.9 Å². The maximum atomic E-state index is 12.2. The quantitative estimate of drug-likeness (QED) is 0.405. The first kappa shape index (κ1) is 21.2. The molecule has 0 fully saturated rings. The Labute approximate surface area is 176 Å². The third-order valence-electron chi connectivity index (χ3n) is 3.80. The Bertz CT molecular complexity index is 1020. The number of aromatic nitrogens is 2. The Morgan fingerprint density at radius 3 is 2.53 bits per heavy atom. The van der Waals surface area contributed by atoms with Gasteiger partial charge in [-0.05, 0) is 24.3 Å². The fourth-order valence-electron chi connectivity index (χ4n) is 2.43. The van der Waals surface area contributed by atoms with E-state index in [1.165, 1.54) is 7.11 Å². The second kappa shape index (κ2) is 10.3. The van der Waals surface area contributed by atoms with E-state index >= 15 is 0 Å². The lowest BCUT2D eigenvalue weighted by Crippen LogP contribution is -2.17. The molecule has 3 aromatic rings. The molecule has 156 valence electrons. The van der Waals surface area contributed by atoms with Crippen LogP contribution >= 0.6 is 11.8 Å². The van der Waals surface area contributed by atoms with Crippen molar-refractivity contribution in [2.45, 2.75) is 11.8 Å². The van der Waals surface area contributed by atoms with E-state index < -0.39 is 5.97 Å². The minimum absolute atomic E-state index is 0.0184. The molecule has 10 heteroatoms. The Balaban J connectivity index is 1.52. The summed E-state index contributed by atoms with van der Waals surface area (Å²) < 4.78 is 21.0. The van der Waals surface area contributed by atoms with Crippen LogP contribution in [-0.2, 0) is 16.1 Å². The van der Waals surface area contributed by atoms with E-state index in [4.69, 9.17) is 18.6 Å². The summed E-state index contributed by atoms with van der Waals surface area (Å²) in [5, 5.41) is 10.7. The number of para-hydroxylation sites is 3. The van der Waals surface area contributed by atoms with Crippen LogP contribution in [0, 0.1) is 0 Å². The molecule has 0 unspecified atom stereocenters. The van der Waals surface area contributed by atoms with Gasteiger partial charge in [0.15, 0.2) is 18.1 Å². The predicted octanol–water partition coefficient (Wildman–Crippen LogP) is 3.17. The van der Waals surface area contributed by atoms with E-state index in [9.17, 15) is 9.59 Å². The molecule has 2 aromatic carbocycles. The molecule has 0 aliphatic rings. The molecule has 1 aromatic heterocycles. The van der Waals surface area contributed by atoms with Crippen molar-refractivity contribution in [3.05, 3.63) is 60.0 Å². The average molecular weight is 429 g/mol. The lowest BCUT2D eigenvalue weighted by Gasteiger charge is -2.08. The summed E-state index contributed by atoms with van der Waals surface area (Å²) in [6.07, 6.45) is 0. The number of hydrogen-bond donors (Lipinski definition) is 1. The maximum absolute atomic E-state index is 12.2. The summed E-state index contributed by atoms with van der Waals surface area (Å²) in [5.74, 6) is 0.563. The second-order valence-corrected chi connectivity index (χ2v) is 6.70. The number of rotatable bonds is 9. The molecular weight excluding hydrogens is 410 g/mol. The normalized spacial score (nSPS) is 10.3. The van der Waals surface area contributed by atoms with Crippen molar-refractivity contribution in [2.24, 2.45) is 0 Å². The molecular formula is C20H19N3O6S. The van der Waals surface area contributed by atoms with Gasteiger partial charge in [-0.1, -0.05) is 36.0 Å². The van der Waals surface area contributed by atoms with E-state index in [2.05, 4.69) is 15.5 Å². The van der Waals surface area contributed by atoms with Crippen LogP contribution in [0.5, 0.6) is 11.5 Å². The topological polar surface area (TPSA) is 113 Å². The van der Waals surface area contributed by atoms with Crippen LogP contribution in [0.3, 0.4) is 0 Å². The van der Waals surface area contributed by atoms with Crippen molar-refractivity contribution in [3.8, 4) is 11.5 Å². The SMILES string of the molecule is COC(=O)c1ccccc1NC(=O)CSc1nnc(COc2ccccc2OC)o1. The van der Waals surface area contributed by atoms with Crippen LogP contribution in [0.1, 0.15) is 16.2 Å². The highest BCUT2D eigenvalue weighted by Gasteiger charge is 2.15. The van der Waals surface area contributed by atoms with Gasteiger partial charge in [-0.15, -0.1) is 10.2 Å². The fourth-order valence-corrected chi connectivity index (χ4v) is 3.01. The number of nitrogens with zero attached hydrogens (tertiary/aromatic N) is 2. The number of carbonyl (C=O) groups is 2. The number of hydrogen-bond acceptors (Lipinski definition) is 9. The number of anilines is 1. The highest BCUT2D eigenvalue weighted by molar-refractivity contribution is 7.99. The van der Waals surface area contributed by atoms with Crippen LogP contribution in [0.25, 0.3) is 0 Å². The molecule has 3 rings (SSSR count). The largest absolute Gasteiger partial charge is 0.493 e. The number of esters is 1. The zero-order chi connectivity index (χ0) is 21.3. The van der Waals surface area contributed by atoms with Gasteiger partial charge in [-0.3, -0.25) is 4.79 Å². The van der Waals surface area contributed by atoms with Gasteiger partial charge < -0.3 is 23.9 Å². The number of benzene rings is 2. The average Bonchev–Trinajstić information content (AvgIpc) is 3.24. The van der Waals surface area contributed by atoms with Crippen molar-refractivity contribution in [2.75, 3.05) is 25.3 Å². The molecule has 0 radical (unpaired) electrons. The number of carbonyl (C=O) groups excluding carboxylic acids is 2. The molecule has 1 N–H and O–H groups in total. The van der Waals surface area contributed by atoms with Crippen molar-refractivity contribution >= 4 is 29.3 Å². The fraction of sp³-hybridized carbons (Fsp3) is 0.200. The highest BCUT2D eigenvalue weighted by Crippen LogP contribution is 2.27. The van der Waals surface area contributed by atoms with E-state index in [0.717, 1.165) is 11.8 Å². The summed E-state index contributed by atoms with van der Waals surface area (Å²) in [6, 6.07) is 13.8. The van der Waals surface area contributed by atoms with E-state index in [1.807, 2.05) is 12.1 Å². The number of amides is 1. The number of thioether (sulfide) groups is 1. The van der Waals surface area contributed by atoms with Gasteiger partial charge in [-0.2, -0.15) is 0 Å². The molecule has 0 saturated heterocycles. The molecule has 0 aliphatic heterocycles. The van der Waals surface area contributed by atoms with Crippen LogP contribution in [0.2, 0.25) is 0 Å². The van der Waals surface area contributed by atoms with Crippen LogP contribution in [-0.4, -0.2) is 42.0 Å². The first-order valence-electron chi connectivity index (χ1n) is 8.79. The Morgan fingerprint density at radius 2 is 1.77 bits per heavy atom. The number of nitrogens with one attached hydrogen (secondary N) is 1. The Kier molecular flexibility index (Phi) is 7.28. The van der Waals surface area contributed by atoms with Gasteiger partial charge >= 0.3 is 5.97 Å². The molecule has 1 heterocycles. The number of methoxy groups -OCH3 is 2.